The van der Waals surface area contributed by atoms with Crippen molar-refractivity contribution < 1.29 is 14.3 Å². The Kier molecular flexibility index (Phi) is 6.55. The molecule has 0 N–H and O–H groups in total. The molecule has 1 saturated heterocycles. The number of nitrogens with zero attached hydrogens (tertiary/aromatic N) is 2. The number of piperidine rings is 1. The summed E-state index contributed by atoms with van der Waals surface area (Å²) in [4.78, 5) is 30.1. The number of benzene rings is 1. The largest absolute Gasteiger partial charge is 0.379 e. The van der Waals surface area contributed by atoms with E-state index in [1.54, 1.807) is 0 Å². The molecule has 1 aromatic carbocycles. The Hall–Kier alpha value is -2.14. The van der Waals surface area contributed by atoms with Gasteiger partial charge in [-0.3, -0.25) is 14.5 Å². The van der Waals surface area contributed by atoms with Crippen LogP contribution in [0.15, 0.2) is 36.0 Å². The molecule has 5 nitrogen and oxygen atoms in total. The van der Waals surface area contributed by atoms with Crippen molar-refractivity contribution in [3.8, 4) is 0 Å². The van der Waals surface area contributed by atoms with E-state index in [0.717, 1.165) is 25.1 Å². The number of hydrogen-bond donors (Lipinski definition) is 0. The molecule has 0 aliphatic carbocycles. The van der Waals surface area contributed by atoms with Crippen molar-refractivity contribution in [3.05, 3.63) is 41.6 Å². The zero-order valence-corrected chi connectivity index (χ0v) is 17.5. The molecule has 2 unspecified atom stereocenters. The smallest absolute Gasteiger partial charge is 0.277 e. The second-order valence-corrected chi connectivity index (χ2v) is 8.48. The molecule has 1 aromatic rings. The molecule has 1 fully saturated rings. The quantitative estimate of drug-likeness (QED) is 0.533. The van der Waals surface area contributed by atoms with E-state index < -0.39 is 0 Å². The van der Waals surface area contributed by atoms with Gasteiger partial charge in [0.1, 0.15) is 5.70 Å². The molecule has 2 aliphatic heterocycles. The minimum absolute atomic E-state index is 0.148. The molecule has 0 aromatic heterocycles. The van der Waals surface area contributed by atoms with E-state index in [1.807, 2.05) is 44.2 Å². The fraction of sp³-hybridized carbons (Fsp3) is 0.565. The standard InChI is InChI=1S/C23H32N2O3/c1-16(2)28-12-8-11-25-22(26)20(19-9-6-5-7-10-19)21(23(25)27)24-14-17(3)13-18(4)15-24/h5-7,9-10,16-18H,8,11-15H2,1-4H3. The number of carbonyl (C=O) groups excluding carboxylic acids is 2. The van der Waals surface area contributed by atoms with Gasteiger partial charge >= 0.3 is 0 Å². The molecule has 0 saturated carbocycles. The van der Waals surface area contributed by atoms with Gasteiger partial charge in [0.2, 0.25) is 0 Å². The summed E-state index contributed by atoms with van der Waals surface area (Å²) in [7, 11) is 0. The van der Waals surface area contributed by atoms with Gasteiger partial charge in [0.15, 0.2) is 0 Å². The summed E-state index contributed by atoms with van der Waals surface area (Å²) in [5.41, 5.74) is 1.96. The number of hydrogen-bond acceptors (Lipinski definition) is 4. The van der Waals surface area contributed by atoms with Crippen molar-refractivity contribution in [1.29, 1.82) is 0 Å². The van der Waals surface area contributed by atoms with Crippen molar-refractivity contribution in [1.82, 2.24) is 9.80 Å². The monoisotopic (exact) mass is 384 g/mol. The van der Waals surface area contributed by atoms with Crippen molar-refractivity contribution in [2.45, 2.75) is 46.6 Å². The fourth-order valence-electron chi connectivity index (χ4n) is 4.31. The van der Waals surface area contributed by atoms with Crippen LogP contribution in [0, 0.1) is 11.8 Å². The van der Waals surface area contributed by atoms with Gasteiger partial charge in [0.25, 0.3) is 11.8 Å². The van der Waals surface area contributed by atoms with Crippen LogP contribution in [-0.4, -0.2) is 54.0 Å². The van der Waals surface area contributed by atoms with E-state index in [2.05, 4.69) is 18.7 Å². The highest BCUT2D eigenvalue weighted by Crippen LogP contribution is 2.35. The van der Waals surface area contributed by atoms with Crippen LogP contribution in [0.4, 0.5) is 0 Å². The highest BCUT2D eigenvalue weighted by molar-refractivity contribution is 6.35. The fourth-order valence-corrected chi connectivity index (χ4v) is 4.31. The molecule has 0 spiro atoms. The SMILES string of the molecule is CC1CC(C)CN(C2=C(c3ccccc3)C(=O)N(CCCOC(C)C)C2=O)C1. The Morgan fingerprint density at radius 3 is 2.29 bits per heavy atom. The van der Waals surface area contributed by atoms with E-state index in [1.165, 1.54) is 4.90 Å². The summed E-state index contributed by atoms with van der Waals surface area (Å²) in [6.45, 7) is 11.0. The van der Waals surface area contributed by atoms with E-state index in [0.29, 0.717) is 42.7 Å². The maximum Gasteiger partial charge on any atom is 0.277 e. The van der Waals surface area contributed by atoms with Crippen LogP contribution in [0.1, 0.15) is 46.1 Å². The number of carbonyl (C=O) groups is 2. The molecule has 2 atom stereocenters. The molecule has 2 amide bonds. The first-order valence-electron chi connectivity index (χ1n) is 10.4. The number of imide groups is 1. The molecule has 3 rings (SSSR count). The van der Waals surface area contributed by atoms with Gasteiger partial charge in [0, 0.05) is 26.2 Å². The predicted molar refractivity (Wildman–Crippen MR) is 110 cm³/mol. The van der Waals surface area contributed by atoms with Gasteiger partial charge in [-0.25, -0.2) is 0 Å². The van der Waals surface area contributed by atoms with Crippen LogP contribution in [0.25, 0.3) is 5.57 Å². The average Bonchev–Trinajstić information content (AvgIpc) is 2.89. The van der Waals surface area contributed by atoms with Gasteiger partial charge in [-0.05, 0) is 44.1 Å². The maximum absolute atomic E-state index is 13.3. The van der Waals surface area contributed by atoms with E-state index in [4.69, 9.17) is 4.74 Å². The third-order valence-electron chi connectivity index (χ3n) is 5.37. The van der Waals surface area contributed by atoms with E-state index in [9.17, 15) is 9.59 Å². The lowest BCUT2D eigenvalue weighted by Crippen LogP contribution is -2.42. The normalized spacial score (nSPS) is 23.3. The summed E-state index contributed by atoms with van der Waals surface area (Å²) in [6.07, 6.45) is 1.95. The second kappa shape index (κ2) is 8.91. The highest BCUT2D eigenvalue weighted by Gasteiger charge is 2.42. The third-order valence-corrected chi connectivity index (χ3v) is 5.37. The van der Waals surface area contributed by atoms with Crippen molar-refractivity contribution in [3.63, 3.8) is 0 Å². The summed E-state index contributed by atoms with van der Waals surface area (Å²) >= 11 is 0. The molecule has 152 valence electrons. The topological polar surface area (TPSA) is 49.9 Å². The number of ether oxygens (including phenoxy) is 1. The first kappa shape index (κ1) is 20.6. The Balaban J connectivity index is 1.88. The number of amides is 2. The minimum Gasteiger partial charge on any atom is -0.379 e. The molecule has 28 heavy (non-hydrogen) atoms. The van der Waals surface area contributed by atoms with Crippen LogP contribution in [0.5, 0.6) is 0 Å². The lowest BCUT2D eigenvalue weighted by molar-refractivity contribution is -0.138. The van der Waals surface area contributed by atoms with Gasteiger partial charge in [0.05, 0.1) is 11.7 Å². The van der Waals surface area contributed by atoms with Crippen LogP contribution < -0.4 is 0 Å². The highest BCUT2D eigenvalue weighted by atomic mass is 16.5. The van der Waals surface area contributed by atoms with Gasteiger partial charge in [-0.15, -0.1) is 0 Å². The number of likely N-dealkylation sites (tertiary alicyclic amines) is 1. The third kappa shape index (κ3) is 4.46. The minimum atomic E-state index is -0.179. The lowest BCUT2D eigenvalue weighted by atomic mass is 9.91. The molecule has 2 heterocycles. The number of rotatable bonds is 7. The van der Waals surface area contributed by atoms with E-state index >= 15 is 0 Å². The lowest BCUT2D eigenvalue weighted by Gasteiger charge is -2.37. The molecular weight excluding hydrogens is 352 g/mol. The maximum atomic E-state index is 13.3. The zero-order chi connectivity index (χ0) is 20.3. The first-order chi connectivity index (χ1) is 13.4. The molecule has 0 bridgehead atoms. The average molecular weight is 385 g/mol. The summed E-state index contributed by atoms with van der Waals surface area (Å²) in [5, 5.41) is 0. The van der Waals surface area contributed by atoms with Gasteiger partial charge < -0.3 is 9.64 Å². The Morgan fingerprint density at radius 1 is 1.04 bits per heavy atom. The first-order valence-corrected chi connectivity index (χ1v) is 10.4. The van der Waals surface area contributed by atoms with Crippen LogP contribution >= 0.6 is 0 Å². The predicted octanol–water partition coefficient (Wildman–Crippen LogP) is 3.56. The molecule has 0 radical (unpaired) electrons. The summed E-state index contributed by atoms with van der Waals surface area (Å²) < 4.78 is 5.58. The Bertz CT molecular complexity index is 731. The molecule has 2 aliphatic rings. The van der Waals surface area contributed by atoms with Crippen LogP contribution in [0.3, 0.4) is 0 Å². The van der Waals surface area contributed by atoms with Crippen LogP contribution in [-0.2, 0) is 14.3 Å². The summed E-state index contributed by atoms with van der Waals surface area (Å²) in [5.74, 6) is 0.672. The van der Waals surface area contributed by atoms with Crippen molar-refractivity contribution >= 4 is 17.4 Å². The Labute approximate surface area is 168 Å². The van der Waals surface area contributed by atoms with Gasteiger partial charge in [-0.2, -0.15) is 0 Å². The van der Waals surface area contributed by atoms with Crippen LogP contribution in [0.2, 0.25) is 0 Å². The van der Waals surface area contributed by atoms with E-state index in [-0.39, 0.29) is 17.9 Å². The molecule has 5 heteroatoms. The zero-order valence-electron chi connectivity index (χ0n) is 17.5. The van der Waals surface area contributed by atoms with Gasteiger partial charge in [-0.1, -0.05) is 44.2 Å². The molecular formula is C23H32N2O3. The second-order valence-electron chi connectivity index (χ2n) is 8.48. The van der Waals surface area contributed by atoms with Crippen molar-refractivity contribution in [2.75, 3.05) is 26.2 Å². The van der Waals surface area contributed by atoms with Crippen molar-refractivity contribution in [2.24, 2.45) is 11.8 Å². The Morgan fingerprint density at radius 2 is 1.68 bits per heavy atom. The summed E-state index contributed by atoms with van der Waals surface area (Å²) in [6, 6.07) is 9.60.